The van der Waals surface area contributed by atoms with Crippen molar-refractivity contribution >= 4 is 38.6 Å². The van der Waals surface area contributed by atoms with Crippen molar-refractivity contribution in [2.24, 2.45) is 5.92 Å². The van der Waals surface area contributed by atoms with E-state index in [1.165, 1.54) is 0 Å². The molecule has 1 saturated heterocycles. The average Bonchev–Trinajstić information content (AvgIpc) is 3.34. The molecule has 0 saturated carbocycles. The van der Waals surface area contributed by atoms with Gasteiger partial charge in [0.25, 0.3) is 0 Å². The number of pyridine rings is 1. The lowest BCUT2D eigenvalue weighted by molar-refractivity contribution is -0.134. The van der Waals surface area contributed by atoms with Crippen molar-refractivity contribution in [1.82, 2.24) is 24.6 Å². The summed E-state index contributed by atoms with van der Waals surface area (Å²) < 4.78 is 29.6. The quantitative estimate of drug-likeness (QED) is 0.342. The molecule has 1 fully saturated rings. The van der Waals surface area contributed by atoms with Gasteiger partial charge in [-0.05, 0) is 56.2 Å². The van der Waals surface area contributed by atoms with E-state index in [-0.39, 0.29) is 10.8 Å². The first kappa shape index (κ1) is 24.7. The molecule has 182 valence electrons. The second-order valence-corrected chi connectivity index (χ2v) is 11.7. The fourth-order valence-corrected chi connectivity index (χ4v) is 6.37. The van der Waals surface area contributed by atoms with Crippen LogP contribution in [0.4, 0.5) is 0 Å². The highest BCUT2D eigenvalue weighted by Gasteiger charge is 2.31. The number of likely N-dealkylation sites (tertiary alicyclic amines) is 1. The van der Waals surface area contributed by atoms with Crippen LogP contribution in [0, 0.1) is 12.8 Å². The zero-order valence-electron chi connectivity index (χ0n) is 19.5. The molecule has 1 aliphatic heterocycles. The van der Waals surface area contributed by atoms with Gasteiger partial charge in [-0.3, -0.25) is 9.78 Å². The Morgan fingerprint density at radius 2 is 2.09 bits per heavy atom. The van der Waals surface area contributed by atoms with Crippen molar-refractivity contribution in [3.63, 3.8) is 0 Å². The van der Waals surface area contributed by atoms with Crippen LogP contribution in [0.5, 0.6) is 0 Å². The summed E-state index contributed by atoms with van der Waals surface area (Å²) in [5, 5.41) is 1.57. The van der Waals surface area contributed by atoms with Crippen molar-refractivity contribution in [3.8, 4) is 0 Å². The summed E-state index contributed by atoms with van der Waals surface area (Å²) in [6.45, 7) is 5.42. The number of benzene rings is 1. The van der Waals surface area contributed by atoms with Gasteiger partial charge in [0.15, 0.2) is 5.16 Å². The number of hydrogen-bond donors (Lipinski definition) is 2. The van der Waals surface area contributed by atoms with E-state index >= 15 is 0 Å². The third-order valence-corrected chi connectivity index (χ3v) is 8.63. The molecule has 4 rings (SSSR count). The number of amides is 1. The van der Waals surface area contributed by atoms with Crippen molar-refractivity contribution in [2.75, 3.05) is 18.8 Å². The molecule has 0 unspecified atom stereocenters. The Balaban J connectivity index is 1.53. The Bertz CT molecular complexity index is 1220. The SMILES string of the molecule is Cc1cnc2c(S(=O)(=O)N[C@@H](CCCSc3ncc[nH]3)C(=O)N3CCC(C)CC3)cccc2c1. The van der Waals surface area contributed by atoms with Gasteiger partial charge in [0.1, 0.15) is 10.9 Å². The van der Waals surface area contributed by atoms with E-state index in [1.54, 1.807) is 47.4 Å². The molecular weight excluding hydrogens is 470 g/mol. The van der Waals surface area contributed by atoms with E-state index in [0.717, 1.165) is 34.7 Å². The van der Waals surface area contributed by atoms with Crippen molar-refractivity contribution in [3.05, 3.63) is 48.4 Å². The molecule has 0 aliphatic carbocycles. The van der Waals surface area contributed by atoms with E-state index in [1.807, 2.05) is 19.1 Å². The molecule has 2 aromatic heterocycles. The van der Waals surface area contributed by atoms with Crippen LogP contribution in [0.25, 0.3) is 10.9 Å². The van der Waals surface area contributed by atoms with Crippen molar-refractivity contribution in [1.29, 1.82) is 0 Å². The number of rotatable bonds is 9. The Morgan fingerprint density at radius 1 is 1.29 bits per heavy atom. The number of nitrogens with zero attached hydrogens (tertiary/aromatic N) is 3. The summed E-state index contributed by atoms with van der Waals surface area (Å²) in [6, 6.07) is 6.18. The minimum absolute atomic E-state index is 0.0972. The zero-order chi connectivity index (χ0) is 24.1. The zero-order valence-corrected chi connectivity index (χ0v) is 21.2. The molecule has 2 N–H and O–H groups in total. The standard InChI is InChI=1S/C24H31N5O3S2/c1-17-8-12-29(13-9-17)23(30)20(6-4-14-33-24-25-10-11-26-24)28-34(31,32)21-7-3-5-19-15-18(2)16-27-22(19)21/h3,5,7,10-11,15-17,20,28H,4,6,8-9,12-14H2,1-2H3,(H,25,26)/t20-/m0/s1. The first-order valence-corrected chi connectivity index (χ1v) is 14.1. The van der Waals surface area contributed by atoms with Crippen LogP contribution in [0.2, 0.25) is 0 Å². The van der Waals surface area contributed by atoms with Gasteiger partial charge in [-0.15, -0.1) is 0 Å². The van der Waals surface area contributed by atoms with Crippen molar-refractivity contribution < 1.29 is 13.2 Å². The van der Waals surface area contributed by atoms with E-state index < -0.39 is 16.1 Å². The maximum Gasteiger partial charge on any atom is 0.243 e. The first-order valence-electron chi connectivity index (χ1n) is 11.6. The van der Waals surface area contributed by atoms with Crippen LogP contribution >= 0.6 is 11.8 Å². The van der Waals surface area contributed by atoms with Gasteiger partial charge in [-0.2, -0.15) is 4.72 Å². The maximum atomic E-state index is 13.5. The monoisotopic (exact) mass is 501 g/mol. The van der Waals surface area contributed by atoms with Crippen LogP contribution in [0.15, 0.2) is 52.9 Å². The van der Waals surface area contributed by atoms with Crippen LogP contribution < -0.4 is 4.72 Å². The highest BCUT2D eigenvalue weighted by atomic mass is 32.2. The lowest BCUT2D eigenvalue weighted by Crippen LogP contribution is -2.50. The Kier molecular flexibility index (Phi) is 7.90. The molecule has 3 heterocycles. The number of nitrogens with one attached hydrogen (secondary N) is 2. The topological polar surface area (TPSA) is 108 Å². The number of para-hydroxylation sites is 1. The number of fused-ring (bicyclic) bond motifs is 1. The molecule has 0 spiro atoms. The number of sulfonamides is 1. The molecule has 3 aromatic rings. The summed E-state index contributed by atoms with van der Waals surface area (Å²) in [7, 11) is -3.96. The molecule has 1 atom stereocenters. The summed E-state index contributed by atoms with van der Waals surface area (Å²) in [5.41, 5.74) is 1.36. The summed E-state index contributed by atoms with van der Waals surface area (Å²) in [5.74, 6) is 1.15. The predicted molar refractivity (Wildman–Crippen MR) is 134 cm³/mol. The maximum absolute atomic E-state index is 13.5. The van der Waals surface area contributed by atoms with Crippen molar-refractivity contribution in [2.45, 2.75) is 55.6 Å². The van der Waals surface area contributed by atoms with Gasteiger partial charge in [-0.25, -0.2) is 13.4 Å². The van der Waals surface area contributed by atoms with Gasteiger partial charge in [0.05, 0.1) is 5.52 Å². The number of carbonyl (C=O) groups excluding carboxylic acids is 1. The molecule has 1 aliphatic rings. The Labute approximate surface area is 205 Å². The molecule has 8 nitrogen and oxygen atoms in total. The van der Waals surface area contributed by atoms with Gasteiger partial charge >= 0.3 is 0 Å². The van der Waals surface area contributed by atoms with Crippen LogP contribution in [-0.4, -0.2) is 59.1 Å². The largest absolute Gasteiger partial charge is 0.341 e. The number of aromatic nitrogens is 3. The van der Waals surface area contributed by atoms with Gasteiger partial charge in [-0.1, -0.05) is 30.8 Å². The number of H-pyrrole nitrogens is 1. The molecule has 1 amide bonds. The normalized spacial score (nSPS) is 16.1. The fraction of sp³-hybridized carbons (Fsp3) is 0.458. The summed E-state index contributed by atoms with van der Waals surface area (Å²) in [4.78, 5) is 26.9. The predicted octanol–water partition coefficient (Wildman–Crippen LogP) is 3.74. The van der Waals surface area contributed by atoms with Crippen LogP contribution in [0.3, 0.4) is 0 Å². The van der Waals surface area contributed by atoms with Gasteiger partial charge in [0.2, 0.25) is 15.9 Å². The van der Waals surface area contributed by atoms with E-state index in [0.29, 0.717) is 37.4 Å². The summed E-state index contributed by atoms with van der Waals surface area (Å²) in [6.07, 6.45) is 8.07. The van der Waals surface area contributed by atoms with Crippen LogP contribution in [-0.2, 0) is 14.8 Å². The van der Waals surface area contributed by atoms with Gasteiger partial charge < -0.3 is 9.88 Å². The number of hydrogen-bond acceptors (Lipinski definition) is 6. The number of piperidine rings is 1. The number of imidazole rings is 1. The summed E-state index contributed by atoms with van der Waals surface area (Å²) >= 11 is 1.56. The lowest BCUT2D eigenvalue weighted by Gasteiger charge is -2.33. The number of aryl methyl sites for hydroxylation is 1. The smallest absolute Gasteiger partial charge is 0.243 e. The highest BCUT2D eigenvalue weighted by Crippen LogP contribution is 2.24. The molecule has 10 heteroatoms. The Hall–Kier alpha value is -2.43. The molecule has 34 heavy (non-hydrogen) atoms. The van der Waals surface area contributed by atoms with Crippen LogP contribution in [0.1, 0.15) is 38.2 Å². The minimum Gasteiger partial charge on any atom is -0.341 e. The first-order chi connectivity index (χ1) is 16.3. The minimum atomic E-state index is -3.96. The van der Waals surface area contributed by atoms with E-state index in [9.17, 15) is 13.2 Å². The van der Waals surface area contributed by atoms with E-state index in [4.69, 9.17) is 0 Å². The number of thioether (sulfide) groups is 1. The Morgan fingerprint density at radius 3 is 2.82 bits per heavy atom. The van der Waals surface area contributed by atoms with Gasteiger partial charge in [0, 0.05) is 42.8 Å². The molecule has 0 bridgehead atoms. The molecular formula is C24H31N5O3S2. The molecule has 1 aromatic carbocycles. The second-order valence-electron chi connectivity index (χ2n) is 8.91. The highest BCUT2D eigenvalue weighted by molar-refractivity contribution is 7.99. The van der Waals surface area contributed by atoms with E-state index in [2.05, 4.69) is 26.6 Å². The lowest BCUT2D eigenvalue weighted by atomic mass is 9.98. The number of carbonyl (C=O) groups is 1. The third-order valence-electron chi connectivity index (χ3n) is 6.14. The average molecular weight is 502 g/mol. The number of aromatic amines is 1. The fourth-order valence-electron chi connectivity index (χ4n) is 4.18. The third kappa shape index (κ3) is 5.97. The second kappa shape index (κ2) is 10.9. The molecule has 0 radical (unpaired) electrons.